The van der Waals surface area contributed by atoms with E-state index < -0.39 is 32.5 Å². The molecule has 1 aliphatic rings. The number of ether oxygens (including phenoxy) is 2. The Labute approximate surface area is 222 Å². The standard InChI is InChI=1S/C26H23FN4O5S2/c1-5-38(33,34)24-29-10-15-16-11-35-12-17(16)20(21(27)22(15)30-24)13-7-6-8-18-19(13)14(9-28)23(37-18)31-25(32)36-26(2,3)4/h6-8,10H,5,11-12H2,1-4H3,(H,31,32). The molecule has 1 amide bonds. The molecular weight excluding hydrogens is 531 g/mol. The van der Waals surface area contributed by atoms with Crippen LogP contribution in [-0.4, -0.2) is 35.8 Å². The number of hydrogen-bond donors (Lipinski definition) is 1. The summed E-state index contributed by atoms with van der Waals surface area (Å²) < 4.78 is 52.8. The number of benzene rings is 2. The summed E-state index contributed by atoms with van der Waals surface area (Å²) in [6.45, 7) is 6.95. The minimum absolute atomic E-state index is 0.123. The predicted molar refractivity (Wildman–Crippen MR) is 141 cm³/mol. The number of nitriles is 1. The Morgan fingerprint density at radius 1 is 1.29 bits per heavy atom. The van der Waals surface area contributed by atoms with E-state index in [0.717, 1.165) is 0 Å². The first-order valence-corrected chi connectivity index (χ1v) is 14.2. The Bertz CT molecular complexity index is 1790. The third kappa shape index (κ3) is 4.36. The fraction of sp³-hybridized carbons (Fsp3) is 0.308. The van der Waals surface area contributed by atoms with Gasteiger partial charge in [0.15, 0.2) is 5.82 Å². The lowest BCUT2D eigenvalue weighted by Crippen LogP contribution is -2.27. The molecule has 38 heavy (non-hydrogen) atoms. The maximum absolute atomic E-state index is 16.3. The summed E-state index contributed by atoms with van der Waals surface area (Å²) in [4.78, 5) is 20.5. The van der Waals surface area contributed by atoms with Crippen LogP contribution < -0.4 is 5.32 Å². The summed E-state index contributed by atoms with van der Waals surface area (Å²) in [6, 6.07) is 7.32. The molecule has 0 radical (unpaired) electrons. The zero-order valence-corrected chi connectivity index (χ0v) is 22.6. The van der Waals surface area contributed by atoms with E-state index in [1.54, 1.807) is 39.0 Å². The van der Waals surface area contributed by atoms with Crippen molar-refractivity contribution >= 4 is 53.3 Å². The van der Waals surface area contributed by atoms with Crippen LogP contribution in [0.15, 0.2) is 29.6 Å². The highest BCUT2D eigenvalue weighted by atomic mass is 32.2. The molecule has 0 unspecified atom stereocenters. The highest BCUT2D eigenvalue weighted by Gasteiger charge is 2.30. The Hall–Kier alpha value is -3.66. The van der Waals surface area contributed by atoms with Crippen molar-refractivity contribution < 1.29 is 27.1 Å². The van der Waals surface area contributed by atoms with E-state index in [4.69, 9.17) is 9.47 Å². The summed E-state index contributed by atoms with van der Waals surface area (Å²) in [7, 11) is -3.78. The average Bonchev–Trinajstić information content (AvgIpc) is 3.47. The fourth-order valence-corrected chi connectivity index (χ4v) is 6.17. The van der Waals surface area contributed by atoms with Crippen LogP contribution in [-0.2, 0) is 32.5 Å². The van der Waals surface area contributed by atoms with Gasteiger partial charge in [0.05, 0.1) is 24.5 Å². The van der Waals surface area contributed by atoms with Gasteiger partial charge in [-0.05, 0) is 43.5 Å². The second-order valence-electron chi connectivity index (χ2n) is 9.68. The average molecular weight is 555 g/mol. The van der Waals surface area contributed by atoms with Crippen molar-refractivity contribution in [1.29, 1.82) is 5.26 Å². The molecular formula is C26H23FN4O5S2. The quantitative estimate of drug-likeness (QED) is 0.318. The summed E-state index contributed by atoms with van der Waals surface area (Å²) in [5.41, 5.74) is 1.11. The van der Waals surface area contributed by atoms with Crippen molar-refractivity contribution in [3.05, 3.63) is 46.9 Å². The van der Waals surface area contributed by atoms with Gasteiger partial charge in [0.25, 0.3) is 0 Å². The van der Waals surface area contributed by atoms with Crippen LogP contribution >= 0.6 is 11.3 Å². The number of carbonyl (C=O) groups excluding carboxylic acids is 1. The van der Waals surface area contributed by atoms with Crippen LogP contribution in [0, 0.1) is 17.1 Å². The van der Waals surface area contributed by atoms with Gasteiger partial charge in [-0.15, -0.1) is 11.3 Å². The second-order valence-corrected chi connectivity index (χ2v) is 12.9. The number of nitrogens with zero attached hydrogens (tertiary/aromatic N) is 3. The van der Waals surface area contributed by atoms with Crippen molar-refractivity contribution in [2.75, 3.05) is 11.1 Å². The maximum Gasteiger partial charge on any atom is 0.412 e. The number of amides is 1. The summed E-state index contributed by atoms with van der Waals surface area (Å²) >= 11 is 1.17. The van der Waals surface area contributed by atoms with Crippen molar-refractivity contribution in [2.45, 2.75) is 51.7 Å². The van der Waals surface area contributed by atoms with Crippen LogP contribution in [0.4, 0.5) is 14.2 Å². The number of sulfone groups is 1. The van der Waals surface area contributed by atoms with E-state index in [-0.39, 0.29) is 40.6 Å². The molecule has 1 N–H and O–H groups in total. The van der Waals surface area contributed by atoms with E-state index >= 15 is 4.39 Å². The van der Waals surface area contributed by atoms with E-state index in [2.05, 4.69) is 21.4 Å². The molecule has 0 saturated carbocycles. The molecule has 1 aliphatic heterocycles. The molecule has 196 valence electrons. The fourth-order valence-electron chi connectivity index (χ4n) is 4.41. The monoisotopic (exact) mass is 554 g/mol. The third-order valence-corrected chi connectivity index (χ3v) is 8.63. The second kappa shape index (κ2) is 9.27. The first-order valence-electron chi connectivity index (χ1n) is 11.7. The van der Waals surface area contributed by atoms with Gasteiger partial charge in [0, 0.05) is 27.2 Å². The molecule has 0 aliphatic carbocycles. The summed E-state index contributed by atoms with van der Waals surface area (Å²) in [5, 5.41) is 13.4. The topological polar surface area (TPSA) is 131 Å². The first-order chi connectivity index (χ1) is 17.9. The van der Waals surface area contributed by atoms with Crippen LogP contribution in [0.5, 0.6) is 0 Å². The molecule has 12 heteroatoms. The number of rotatable bonds is 4. The Morgan fingerprint density at radius 2 is 2.03 bits per heavy atom. The van der Waals surface area contributed by atoms with Crippen LogP contribution in [0.1, 0.15) is 44.4 Å². The zero-order chi connectivity index (χ0) is 27.4. The normalized spacial score (nSPS) is 13.5. The molecule has 0 bridgehead atoms. The number of carbonyl (C=O) groups is 1. The van der Waals surface area contributed by atoms with E-state index in [1.165, 1.54) is 24.5 Å². The molecule has 0 saturated heterocycles. The lowest BCUT2D eigenvalue weighted by Gasteiger charge is -2.19. The van der Waals surface area contributed by atoms with E-state index in [1.807, 2.05) is 0 Å². The van der Waals surface area contributed by atoms with Crippen LogP contribution in [0.2, 0.25) is 0 Å². The van der Waals surface area contributed by atoms with Crippen LogP contribution in [0.3, 0.4) is 0 Å². The lowest BCUT2D eigenvalue weighted by molar-refractivity contribution is 0.0636. The molecule has 2 aromatic heterocycles. The smallest absolute Gasteiger partial charge is 0.412 e. The van der Waals surface area contributed by atoms with Crippen LogP contribution in [0.25, 0.3) is 32.1 Å². The minimum atomic E-state index is -3.78. The van der Waals surface area contributed by atoms with Gasteiger partial charge in [0.1, 0.15) is 22.2 Å². The zero-order valence-electron chi connectivity index (χ0n) is 21.0. The molecule has 0 fully saturated rings. The molecule has 5 rings (SSSR count). The highest BCUT2D eigenvalue weighted by molar-refractivity contribution is 7.91. The van der Waals surface area contributed by atoms with Crippen molar-refractivity contribution in [3.8, 4) is 17.2 Å². The number of nitrogens with one attached hydrogen (secondary N) is 1. The van der Waals surface area contributed by atoms with Crippen molar-refractivity contribution in [1.82, 2.24) is 9.97 Å². The molecule has 0 atom stereocenters. The number of aromatic nitrogens is 2. The lowest BCUT2D eigenvalue weighted by atomic mass is 9.91. The number of fused-ring (bicyclic) bond motifs is 4. The number of hydrogen-bond acceptors (Lipinski definition) is 9. The summed E-state index contributed by atoms with van der Waals surface area (Å²) in [6.07, 6.45) is 0.606. The molecule has 9 nitrogen and oxygen atoms in total. The van der Waals surface area contributed by atoms with Crippen molar-refractivity contribution in [2.24, 2.45) is 0 Å². The third-order valence-electron chi connectivity index (χ3n) is 6.05. The van der Waals surface area contributed by atoms with Gasteiger partial charge in [0.2, 0.25) is 15.0 Å². The molecule has 3 heterocycles. The van der Waals surface area contributed by atoms with Gasteiger partial charge in [-0.25, -0.2) is 27.6 Å². The van der Waals surface area contributed by atoms with Gasteiger partial charge < -0.3 is 9.47 Å². The highest BCUT2D eigenvalue weighted by Crippen LogP contribution is 2.46. The molecule has 0 spiro atoms. The number of halogens is 1. The van der Waals surface area contributed by atoms with Gasteiger partial charge in [-0.1, -0.05) is 19.1 Å². The van der Waals surface area contributed by atoms with Gasteiger partial charge >= 0.3 is 6.09 Å². The number of anilines is 1. The Kier molecular flexibility index (Phi) is 6.33. The number of thiophene rings is 1. The van der Waals surface area contributed by atoms with Gasteiger partial charge in [-0.3, -0.25) is 5.32 Å². The molecule has 4 aromatic rings. The van der Waals surface area contributed by atoms with E-state index in [0.29, 0.717) is 32.2 Å². The Morgan fingerprint density at radius 3 is 2.71 bits per heavy atom. The Balaban J connectivity index is 1.77. The van der Waals surface area contributed by atoms with Crippen molar-refractivity contribution in [3.63, 3.8) is 0 Å². The largest absolute Gasteiger partial charge is 0.444 e. The minimum Gasteiger partial charge on any atom is -0.444 e. The van der Waals surface area contributed by atoms with Gasteiger partial charge in [-0.2, -0.15) is 5.26 Å². The predicted octanol–water partition coefficient (Wildman–Crippen LogP) is 5.69. The first kappa shape index (κ1) is 26.0. The SMILES string of the molecule is CCS(=O)(=O)c1ncc2c3c(c(-c4cccc5sc(NC(=O)OC(C)(C)C)c(C#N)c45)c(F)c2n1)COC3. The molecule has 2 aromatic carbocycles. The summed E-state index contributed by atoms with van der Waals surface area (Å²) in [5.74, 6) is -0.961. The maximum atomic E-state index is 16.3. The van der Waals surface area contributed by atoms with E-state index in [9.17, 15) is 18.5 Å².